The summed E-state index contributed by atoms with van der Waals surface area (Å²) in [6.45, 7) is 1.76. The van der Waals surface area contributed by atoms with Gasteiger partial charge >= 0.3 is 12.3 Å². The first-order valence-electron chi connectivity index (χ1n) is 8.72. The Hall–Kier alpha value is -1.98. The van der Waals surface area contributed by atoms with Gasteiger partial charge in [-0.2, -0.15) is 0 Å². The van der Waals surface area contributed by atoms with E-state index in [0.717, 1.165) is 10.9 Å². The number of hydrogen-bond donors (Lipinski definition) is 0. The molecule has 5 nitrogen and oxygen atoms in total. The van der Waals surface area contributed by atoms with Crippen molar-refractivity contribution in [3.63, 3.8) is 0 Å². The Bertz CT molecular complexity index is 1000. The van der Waals surface area contributed by atoms with Gasteiger partial charge in [0.1, 0.15) is 11.3 Å². The number of para-hydroxylation sites is 1. The molecule has 27 heavy (non-hydrogen) atoms. The molecule has 0 N–H and O–H groups in total. The largest absolute Gasteiger partial charge is 0.424 e. The van der Waals surface area contributed by atoms with Crippen LogP contribution in [-0.4, -0.2) is 13.2 Å². The zero-order valence-corrected chi connectivity index (χ0v) is 16.9. The van der Waals surface area contributed by atoms with Crippen LogP contribution < -0.4 is 10.1 Å². The zero-order valence-electron chi connectivity index (χ0n) is 15.2. The lowest BCUT2D eigenvalue weighted by atomic mass is 10.1. The average molecular weight is 404 g/mol. The van der Waals surface area contributed by atoms with E-state index in [4.69, 9.17) is 29.8 Å². The van der Waals surface area contributed by atoms with Gasteiger partial charge in [-0.15, -0.1) is 0 Å². The highest BCUT2D eigenvalue weighted by molar-refractivity contribution is 8.07. The normalized spacial score (nSPS) is 11.6. The third-order valence-corrected chi connectivity index (χ3v) is 6.26. The summed E-state index contributed by atoms with van der Waals surface area (Å²) >= 11 is 5.37. The highest BCUT2D eigenvalue weighted by Crippen LogP contribution is 2.49. The molecule has 0 atom stereocenters. The molecule has 0 radical (unpaired) electrons. The van der Waals surface area contributed by atoms with Crippen LogP contribution in [0.4, 0.5) is 0 Å². The van der Waals surface area contributed by atoms with Gasteiger partial charge < -0.3 is 8.94 Å². The highest BCUT2D eigenvalue weighted by Gasteiger charge is 2.21. The maximum Gasteiger partial charge on any atom is 0.380 e. The second-order valence-corrected chi connectivity index (χ2v) is 8.73. The Morgan fingerprint density at radius 2 is 1.67 bits per heavy atom. The summed E-state index contributed by atoms with van der Waals surface area (Å²) in [5.74, 6) is 0.578. The lowest BCUT2D eigenvalue weighted by molar-refractivity contribution is 0.218. The van der Waals surface area contributed by atoms with Crippen molar-refractivity contribution in [3.8, 4) is 5.75 Å². The number of fused-ring (bicyclic) bond motifs is 1. The molecule has 0 unspecified atom stereocenters. The van der Waals surface area contributed by atoms with Crippen LogP contribution in [0.2, 0.25) is 0 Å². The maximum atomic E-state index is 12.2. The van der Waals surface area contributed by atoms with Gasteiger partial charge in [-0.25, -0.2) is 4.79 Å². The summed E-state index contributed by atoms with van der Waals surface area (Å²) in [4.78, 5) is 12.2. The van der Waals surface area contributed by atoms with Crippen molar-refractivity contribution in [3.05, 3.63) is 76.1 Å². The van der Waals surface area contributed by atoms with Crippen molar-refractivity contribution in [2.75, 3.05) is 13.2 Å². The van der Waals surface area contributed by atoms with E-state index in [-0.39, 0.29) is 5.63 Å². The molecule has 1 heterocycles. The van der Waals surface area contributed by atoms with Crippen LogP contribution in [0.3, 0.4) is 0 Å². The second kappa shape index (κ2) is 8.81. The summed E-state index contributed by atoms with van der Waals surface area (Å²) < 4.78 is 22.1. The molecule has 0 fully saturated rings. The summed E-state index contributed by atoms with van der Waals surface area (Å²) in [5, 5.41) is 0.904. The van der Waals surface area contributed by atoms with Crippen LogP contribution in [0.15, 0.2) is 63.8 Å². The van der Waals surface area contributed by atoms with Gasteiger partial charge in [0.25, 0.3) is 0 Å². The summed E-state index contributed by atoms with van der Waals surface area (Å²) in [7, 11) is 0. The van der Waals surface area contributed by atoms with Gasteiger partial charge in [0.15, 0.2) is 0 Å². The van der Waals surface area contributed by atoms with E-state index < -0.39 is 6.72 Å². The molecular formula is C20H21O5PS. The van der Waals surface area contributed by atoms with E-state index in [1.807, 2.05) is 50.2 Å². The summed E-state index contributed by atoms with van der Waals surface area (Å²) in [5.41, 5.74) is 1.84. The van der Waals surface area contributed by atoms with Crippen LogP contribution in [-0.2, 0) is 27.3 Å². The molecular weight excluding hydrogens is 383 g/mol. The standard InChI is InChI=1S/C20H21O5PS/c1-3-22-26(27,23-4-2)25-18-11-9-15(10-12-18)13-17-14-16-7-5-6-8-19(16)24-20(17)21/h5-12,14H,3-4,13H2,1-2H3. The Morgan fingerprint density at radius 1 is 1.00 bits per heavy atom. The molecule has 142 valence electrons. The number of hydrogen-bond acceptors (Lipinski definition) is 6. The summed E-state index contributed by atoms with van der Waals surface area (Å²) in [6.07, 6.45) is 0.471. The Balaban J connectivity index is 1.77. The zero-order chi connectivity index (χ0) is 19.3. The fraction of sp³-hybridized carbons (Fsp3) is 0.250. The Kier molecular flexibility index (Phi) is 6.45. The van der Waals surface area contributed by atoms with E-state index in [0.29, 0.717) is 36.5 Å². The SMILES string of the molecule is CCOP(=S)(OCC)Oc1ccc(Cc2cc3ccccc3oc2=O)cc1. The molecule has 0 bridgehead atoms. The Morgan fingerprint density at radius 3 is 2.33 bits per heavy atom. The molecule has 1 aromatic heterocycles. The molecule has 3 aromatic rings. The van der Waals surface area contributed by atoms with Gasteiger partial charge in [0, 0.05) is 29.2 Å². The Labute approximate surface area is 163 Å². The van der Waals surface area contributed by atoms with Crippen LogP contribution in [0, 0.1) is 0 Å². The lowest BCUT2D eigenvalue weighted by Crippen LogP contribution is -2.07. The molecule has 7 heteroatoms. The number of rotatable bonds is 8. The molecule has 0 spiro atoms. The van der Waals surface area contributed by atoms with Crippen molar-refractivity contribution in [2.24, 2.45) is 0 Å². The van der Waals surface area contributed by atoms with Crippen LogP contribution in [0.5, 0.6) is 5.75 Å². The van der Waals surface area contributed by atoms with Crippen molar-refractivity contribution >= 4 is 29.5 Å². The lowest BCUT2D eigenvalue weighted by Gasteiger charge is -2.21. The van der Waals surface area contributed by atoms with E-state index in [1.54, 1.807) is 18.2 Å². The fourth-order valence-corrected chi connectivity index (χ4v) is 4.73. The second-order valence-electron chi connectivity index (χ2n) is 5.79. The molecule has 2 aromatic carbocycles. The maximum absolute atomic E-state index is 12.2. The minimum atomic E-state index is -2.79. The van der Waals surface area contributed by atoms with Crippen molar-refractivity contribution in [1.82, 2.24) is 0 Å². The van der Waals surface area contributed by atoms with Crippen molar-refractivity contribution in [2.45, 2.75) is 20.3 Å². The van der Waals surface area contributed by atoms with E-state index >= 15 is 0 Å². The van der Waals surface area contributed by atoms with Gasteiger partial charge in [0.05, 0.1) is 13.2 Å². The van der Waals surface area contributed by atoms with Crippen LogP contribution in [0.1, 0.15) is 25.0 Å². The molecule has 0 aliphatic heterocycles. The molecule has 0 saturated heterocycles. The average Bonchev–Trinajstić information content (AvgIpc) is 2.64. The van der Waals surface area contributed by atoms with E-state index in [2.05, 4.69) is 0 Å². The van der Waals surface area contributed by atoms with Crippen LogP contribution in [0.25, 0.3) is 11.0 Å². The third-order valence-electron chi connectivity index (χ3n) is 3.82. The van der Waals surface area contributed by atoms with Gasteiger partial charge in [-0.3, -0.25) is 9.05 Å². The minimum absolute atomic E-state index is 0.322. The first kappa shape index (κ1) is 19.8. The number of benzene rings is 2. The first-order chi connectivity index (χ1) is 13.0. The molecule has 0 amide bonds. The first-order valence-corrected chi connectivity index (χ1v) is 11.3. The van der Waals surface area contributed by atoms with Gasteiger partial charge in [-0.1, -0.05) is 30.3 Å². The van der Waals surface area contributed by atoms with Crippen molar-refractivity contribution in [1.29, 1.82) is 0 Å². The minimum Gasteiger partial charge on any atom is -0.424 e. The fourth-order valence-electron chi connectivity index (χ4n) is 2.65. The van der Waals surface area contributed by atoms with Crippen molar-refractivity contribution < 1.29 is 18.0 Å². The molecule has 0 saturated carbocycles. The quantitative estimate of drug-likeness (QED) is 0.386. The highest BCUT2D eigenvalue weighted by atomic mass is 32.5. The summed E-state index contributed by atoms with van der Waals surface area (Å²) in [6, 6.07) is 16.7. The van der Waals surface area contributed by atoms with Gasteiger partial charge in [-0.05, 0) is 43.7 Å². The monoisotopic (exact) mass is 404 g/mol. The van der Waals surface area contributed by atoms with E-state index in [1.165, 1.54) is 0 Å². The van der Waals surface area contributed by atoms with Crippen LogP contribution >= 0.6 is 6.72 Å². The molecule has 0 aliphatic rings. The van der Waals surface area contributed by atoms with E-state index in [9.17, 15) is 4.79 Å². The smallest absolute Gasteiger partial charge is 0.380 e. The predicted molar refractivity (Wildman–Crippen MR) is 110 cm³/mol. The topological polar surface area (TPSA) is 57.9 Å². The van der Waals surface area contributed by atoms with Gasteiger partial charge in [0.2, 0.25) is 0 Å². The predicted octanol–water partition coefficient (Wildman–Crippen LogP) is 5.06. The molecule has 3 rings (SSSR count). The third kappa shape index (κ3) is 5.05. The molecule has 0 aliphatic carbocycles.